The van der Waals surface area contributed by atoms with Crippen molar-refractivity contribution in [2.24, 2.45) is 0 Å². The van der Waals surface area contributed by atoms with E-state index in [0.29, 0.717) is 30.4 Å². The molecule has 4 nitrogen and oxygen atoms in total. The predicted molar refractivity (Wildman–Crippen MR) is 69.7 cm³/mol. The van der Waals surface area contributed by atoms with Gasteiger partial charge in [0.2, 0.25) is 0 Å². The Labute approximate surface area is 106 Å². The van der Waals surface area contributed by atoms with Crippen molar-refractivity contribution >= 4 is 5.69 Å². The second-order valence-corrected chi connectivity index (χ2v) is 3.92. The molecule has 0 amide bonds. The number of anilines is 1. The second-order valence-electron chi connectivity index (χ2n) is 3.92. The average Bonchev–Trinajstić information content (AvgIpc) is 2.89. The van der Waals surface area contributed by atoms with Gasteiger partial charge in [-0.2, -0.15) is 0 Å². The third-order valence-electron chi connectivity index (χ3n) is 2.41. The number of hydrogen-bond acceptors (Lipinski definition) is 4. The van der Waals surface area contributed by atoms with Gasteiger partial charge in [0.1, 0.15) is 23.9 Å². The fourth-order valence-corrected chi connectivity index (χ4v) is 1.49. The maximum Gasteiger partial charge on any atom is 0.146 e. The van der Waals surface area contributed by atoms with E-state index in [1.54, 1.807) is 18.4 Å². The molecule has 0 aliphatic heterocycles. The highest BCUT2D eigenvalue weighted by Crippen LogP contribution is 2.27. The minimum absolute atomic E-state index is 0.393. The van der Waals surface area contributed by atoms with E-state index < -0.39 is 0 Å². The summed E-state index contributed by atoms with van der Waals surface area (Å²) in [6.45, 7) is 3.09. The normalized spacial score (nSPS) is 10.3. The van der Waals surface area contributed by atoms with Crippen LogP contribution in [0, 0.1) is 0 Å². The molecule has 2 N–H and O–H groups in total. The Hall–Kier alpha value is -2.10. The summed E-state index contributed by atoms with van der Waals surface area (Å²) in [6.07, 6.45) is 2.56. The first-order valence-electron chi connectivity index (χ1n) is 5.97. The van der Waals surface area contributed by atoms with Gasteiger partial charge in [0.05, 0.1) is 18.6 Å². The molecule has 2 rings (SSSR count). The molecule has 0 aliphatic rings. The lowest BCUT2D eigenvalue weighted by Crippen LogP contribution is -2.00. The Balaban J connectivity index is 2.00. The second kappa shape index (κ2) is 6.00. The lowest BCUT2D eigenvalue weighted by atomic mass is 10.3. The van der Waals surface area contributed by atoms with E-state index in [2.05, 4.69) is 0 Å². The Morgan fingerprint density at radius 3 is 2.83 bits per heavy atom. The first-order valence-corrected chi connectivity index (χ1v) is 5.97. The molecule has 0 aliphatic carbocycles. The average molecular weight is 247 g/mol. The fourth-order valence-electron chi connectivity index (χ4n) is 1.49. The molecule has 0 saturated carbocycles. The van der Waals surface area contributed by atoms with Crippen LogP contribution in [0.2, 0.25) is 0 Å². The van der Waals surface area contributed by atoms with Crippen LogP contribution in [0.3, 0.4) is 0 Å². The Kier molecular flexibility index (Phi) is 4.12. The quantitative estimate of drug-likeness (QED) is 0.796. The molecule has 18 heavy (non-hydrogen) atoms. The molecule has 1 heterocycles. The van der Waals surface area contributed by atoms with Crippen LogP contribution in [0.25, 0.3) is 0 Å². The summed E-state index contributed by atoms with van der Waals surface area (Å²) in [5.74, 6) is 2.16. The molecule has 0 bridgehead atoms. The summed E-state index contributed by atoms with van der Waals surface area (Å²) in [5, 5.41) is 0. The van der Waals surface area contributed by atoms with E-state index in [1.807, 2.05) is 25.1 Å². The van der Waals surface area contributed by atoms with Crippen LogP contribution in [-0.4, -0.2) is 6.61 Å². The van der Waals surface area contributed by atoms with Crippen LogP contribution in [0.4, 0.5) is 5.69 Å². The van der Waals surface area contributed by atoms with Gasteiger partial charge in [-0.15, -0.1) is 0 Å². The Morgan fingerprint density at radius 2 is 2.11 bits per heavy atom. The van der Waals surface area contributed by atoms with Crippen molar-refractivity contribution in [2.75, 3.05) is 12.3 Å². The van der Waals surface area contributed by atoms with Crippen molar-refractivity contribution in [3.05, 3.63) is 42.4 Å². The lowest BCUT2D eigenvalue weighted by Gasteiger charge is -2.10. The first kappa shape index (κ1) is 12.4. The molecule has 0 fully saturated rings. The van der Waals surface area contributed by atoms with Crippen LogP contribution >= 0.6 is 0 Å². The third kappa shape index (κ3) is 3.20. The molecule has 1 aromatic carbocycles. The molecule has 0 spiro atoms. The van der Waals surface area contributed by atoms with Crippen molar-refractivity contribution in [2.45, 2.75) is 20.0 Å². The van der Waals surface area contributed by atoms with Crippen molar-refractivity contribution in [3.8, 4) is 11.5 Å². The molecule has 0 unspecified atom stereocenters. The van der Waals surface area contributed by atoms with Gasteiger partial charge in [-0.05, 0) is 30.7 Å². The number of rotatable bonds is 6. The first-order chi connectivity index (χ1) is 8.79. The van der Waals surface area contributed by atoms with E-state index in [1.165, 1.54) is 0 Å². The minimum atomic E-state index is 0.393. The summed E-state index contributed by atoms with van der Waals surface area (Å²) in [6, 6.07) is 9.09. The Bertz CT molecular complexity index is 480. The van der Waals surface area contributed by atoms with Crippen LogP contribution in [0.15, 0.2) is 41.0 Å². The van der Waals surface area contributed by atoms with Gasteiger partial charge in [0.25, 0.3) is 0 Å². The van der Waals surface area contributed by atoms with E-state index in [-0.39, 0.29) is 0 Å². The van der Waals surface area contributed by atoms with Gasteiger partial charge in [-0.25, -0.2) is 0 Å². The fraction of sp³-hybridized carbons (Fsp3) is 0.286. The van der Waals surface area contributed by atoms with Crippen molar-refractivity contribution in [1.29, 1.82) is 0 Å². The van der Waals surface area contributed by atoms with E-state index in [9.17, 15) is 0 Å². The molecular formula is C14H17NO3. The monoisotopic (exact) mass is 247 g/mol. The molecule has 2 aromatic rings. The van der Waals surface area contributed by atoms with Gasteiger partial charge in [0, 0.05) is 6.07 Å². The zero-order chi connectivity index (χ0) is 12.8. The Morgan fingerprint density at radius 1 is 1.22 bits per heavy atom. The molecule has 0 saturated heterocycles. The molecule has 96 valence electrons. The summed E-state index contributed by atoms with van der Waals surface area (Å²) < 4.78 is 16.3. The largest absolute Gasteiger partial charge is 0.491 e. The highest BCUT2D eigenvalue weighted by Gasteiger charge is 2.04. The topological polar surface area (TPSA) is 57.6 Å². The number of furan rings is 1. The van der Waals surface area contributed by atoms with Crippen LogP contribution < -0.4 is 15.2 Å². The predicted octanol–water partition coefficient (Wildman–Crippen LogP) is 3.23. The maximum atomic E-state index is 5.82. The van der Waals surface area contributed by atoms with Crippen LogP contribution in [0.5, 0.6) is 11.5 Å². The zero-order valence-corrected chi connectivity index (χ0v) is 10.4. The summed E-state index contributed by atoms with van der Waals surface area (Å²) in [7, 11) is 0. The van der Waals surface area contributed by atoms with Crippen LogP contribution in [-0.2, 0) is 6.61 Å². The summed E-state index contributed by atoms with van der Waals surface area (Å²) in [4.78, 5) is 0. The maximum absolute atomic E-state index is 5.82. The van der Waals surface area contributed by atoms with Gasteiger partial charge in [-0.3, -0.25) is 0 Å². The third-order valence-corrected chi connectivity index (χ3v) is 2.41. The molecule has 4 heteroatoms. The van der Waals surface area contributed by atoms with Crippen molar-refractivity contribution in [1.82, 2.24) is 0 Å². The standard InChI is InChI=1S/C14H17NO3/c1-2-7-17-14-9-11(5-6-13(14)15)18-10-12-4-3-8-16-12/h3-6,8-9H,2,7,10,15H2,1H3. The smallest absolute Gasteiger partial charge is 0.146 e. The summed E-state index contributed by atoms with van der Waals surface area (Å²) >= 11 is 0. The zero-order valence-electron chi connectivity index (χ0n) is 10.4. The molecule has 0 atom stereocenters. The number of hydrogen-bond donors (Lipinski definition) is 1. The van der Waals surface area contributed by atoms with Crippen molar-refractivity contribution in [3.63, 3.8) is 0 Å². The summed E-state index contributed by atoms with van der Waals surface area (Å²) in [5.41, 5.74) is 6.44. The van der Waals surface area contributed by atoms with E-state index in [4.69, 9.17) is 19.6 Å². The molecule has 0 radical (unpaired) electrons. The number of nitrogens with two attached hydrogens (primary N) is 1. The minimum Gasteiger partial charge on any atom is -0.491 e. The highest BCUT2D eigenvalue weighted by molar-refractivity contribution is 5.55. The number of benzene rings is 1. The van der Waals surface area contributed by atoms with Gasteiger partial charge < -0.3 is 19.6 Å². The van der Waals surface area contributed by atoms with Crippen LogP contribution in [0.1, 0.15) is 19.1 Å². The number of nitrogen functional groups attached to an aromatic ring is 1. The SMILES string of the molecule is CCCOc1cc(OCc2ccco2)ccc1N. The van der Waals surface area contributed by atoms with E-state index in [0.717, 1.165) is 12.2 Å². The van der Waals surface area contributed by atoms with Gasteiger partial charge in [0.15, 0.2) is 0 Å². The van der Waals surface area contributed by atoms with Gasteiger partial charge in [-0.1, -0.05) is 6.92 Å². The number of ether oxygens (including phenoxy) is 2. The van der Waals surface area contributed by atoms with Gasteiger partial charge >= 0.3 is 0 Å². The lowest BCUT2D eigenvalue weighted by molar-refractivity contribution is 0.266. The van der Waals surface area contributed by atoms with Crippen molar-refractivity contribution < 1.29 is 13.9 Å². The van der Waals surface area contributed by atoms with E-state index >= 15 is 0 Å². The molecular weight excluding hydrogens is 230 g/mol. The molecule has 1 aromatic heterocycles. The highest BCUT2D eigenvalue weighted by atomic mass is 16.5.